The van der Waals surface area contributed by atoms with E-state index in [9.17, 15) is 0 Å². The second kappa shape index (κ2) is 5.03. The Morgan fingerprint density at radius 1 is 1.50 bits per heavy atom. The van der Waals surface area contributed by atoms with Crippen molar-refractivity contribution in [3.8, 4) is 0 Å². The van der Waals surface area contributed by atoms with Crippen molar-refractivity contribution in [2.24, 2.45) is 11.8 Å². The van der Waals surface area contributed by atoms with Gasteiger partial charge < -0.3 is 9.64 Å². The summed E-state index contributed by atoms with van der Waals surface area (Å²) in [5, 5.41) is 3.57. The number of nitrogens with zero attached hydrogens (tertiary/aromatic N) is 1. The third-order valence-electron chi connectivity index (χ3n) is 3.91. The SMILES string of the molecule is CC1CNC(C)(CC2CCCN(C)C2)OC1. The van der Waals surface area contributed by atoms with Crippen LogP contribution in [0, 0.1) is 11.8 Å². The fourth-order valence-electron chi connectivity index (χ4n) is 2.95. The van der Waals surface area contributed by atoms with Crippen LogP contribution in [0.25, 0.3) is 0 Å². The molecule has 2 aliphatic heterocycles. The first kappa shape index (κ1) is 12.3. The smallest absolute Gasteiger partial charge is 0.116 e. The van der Waals surface area contributed by atoms with Gasteiger partial charge in [-0.1, -0.05) is 6.92 Å². The maximum atomic E-state index is 5.99. The zero-order valence-corrected chi connectivity index (χ0v) is 11.0. The van der Waals surface area contributed by atoms with Gasteiger partial charge in [0.1, 0.15) is 5.72 Å². The standard InChI is InChI=1S/C13H26N2O/c1-11-8-14-13(2,16-10-11)7-12-5-4-6-15(3)9-12/h11-12,14H,4-10H2,1-3H3. The molecule has 3 unspecified atom stereocenters. The Bertz CT molecular complexity index is 224. The number of nitrogens with one attached hydrogen (secondary N) is 1. The number of piperidine rings is 1. The maximum Gasteiger partial charge on any atom is 0.116 e. The van der Waals surface area contributed by atoms with Gasteiger partial charge in [-0.25, -0.2) is 0 Å². The first-order chi connectivity index (χ1) is 7.57. The number of hydrogen-bond donors (Lipinski definition) is 1. The Morgan fingerprint density at radius 3 is 2.94 bits per heavy atom. The van der Waals surface area contributed by atoms with Crippen molar-refractivity contribution < 1.29 is 4.74 Å². The van der Waals surface area contributed by atoms with E-state index < -0.39 is 0 Å². The van der Waals surface area contributed by atoms with Crippen molar-refractivity contribution in [3.63, 3.8) is 0 Å². The van der Waals surface area contributed by atoms with Crippen molar-refractivity contribution in [1.29, 1.82) is 0 Å². The summed E-state index contributed by atoms with van der Waals surface area (Å²) in [4.78, 5) is 2.45. The average Bonchev–Trinajstić information content (AvgIpc) is 2.23. The van der Waals surface area contributed by atoms with Gasteiger partial charge in [0.2, 0.25) is 0 Å². The van der Waals surface area contributed by atoms with Crippen LogP contribution in [-0.4, -0.2) is 43.9 Å². The molecule has 0 saturated carbocycles. The first-order valence-electron chi connectivity index (χ1n) is 6.65. The zero-order valence-electron chi connectivity index (χ0n) is 11.0. The van der Waals surface area contributed by atoms with Crippen molar-refractivity contribution in [2.45, 2.75) is 38.8 Å². The molecule has 2 rings (SSSR count). The monoisotopic (exact) mass is 226 g/mol. The summed E-state index contributed by atoms with van der Waals surface area (Å²) >= 11 is 0. The lowest BCUT2D eigenvalue weighted by molar-refractivity contribution is -0.116. The van der Waals surface area contributed by atoms with Crippen LogP contribution in [0.2, 0.25) is 0 Å². The van der Waals surface area contributed by atoms with Crippen LogP contribution in [0.4, 0.5) is 0 Å². The molecular formula is C13H26N2O. The van der Waals surface area contributed by atoms with E-state index in [0.717, 1.165) is 25.5 Å². The molecule has 2 saturated heterocycles. The normalized spacial score (nSPS) is 42.2. The van der Waals surface area contributed by atoms with Gasteiger partial charge in [-0.2, -0.15) is 0 Å². The Balaban J connectivity index is 1.83. The molecule has 0 aliphatic carbocycles. The van der Waals surface area contributed by atoms with E-state index in [2.05, 4.69) is 31.1 Å². The summed E-state index contributed by atoms with van der Waals surface area (Å²) in [6, 6.07) is 0. The van der Waals surface area contributed by atoms with Crippen LogP contribution in [-0.2, 0) is 4.74 Å². The molecule has 0 radical (unpaired) electrons. The number of rotatable bonds is 2. The molecule has 2 fully saturated rings. The van der Waals surface area contributed by atoms with E-state index in [1.807, 2.05) is 0 Å². The van der Waals surface area contributed by atoms with Crippen LogP contribution in [0.15, 0.2) is 0 Å². The summed E-state index contributed by atoms with van der Waals surface area (Å²) in [5.74, 6) is 1.45. The highest BCUT2D eigenvalue weighted by Crippen LogP contribution is 2.28. The van der Waals surface area contributed by atoms with Gasteiger partial charge in [-0.3, -0.25) is 5.32 Å². The largest absolute Gasteiger partial charge is 0.361 e. The Labute approximate surface area is 99.5 Å². The van der Waals surface area contributed by atoms with Crippen molar-refractivity contribution >= 4 is 0 Å². The molecule has 94 valence electrons. The van der Waals surface area contributed by atoms with Crippen LogP contribution in [0.5, 0.6) is 0 Å². The minimum absolute atomic E-state index is 0.0741. The van der Waals surface area contributed by atoms with E-state index in [0.29, 0.717) is 5.92 Å². The fraction of sp³-hybridized carbons (Fsp3) is 1.00. The van der Waals surface area contributed by atoms with E-state index in [1.165, 1.54) is 25.9 Å². The van der Waals surface area contributed by atoms with E-state index in [1.54, 1.807) is 0 Å². The van der Waals surface area contributed by atoms with Crippen LogP contribution >= 0.6 is 0 Å². The molecule has 3 nitrogen and oxygen atoms in total. The second-order valence-corrected chi connectivity index (χ2v) is 6.00. The average molecular weight is 226 g/mol. The van der Waals surface area contributed by atoms with Crippen LogP contribution < -0.4 is 5.32 Å². The molecule has 0 spiro atoms. The maximum absolute atomic E-state index is 5.99. The highest BCUT2D eigenvalue weighted by molar-refractivity contribution is 4.83. The van der Waals surface area contributed by atoms with Crippen LogP contribution in [0.1, 0.15) is 33.1 Å². The summed E-state index contributed by atoms with van der Waals surface area (Å²) in [5.41, 5.74) is -0.0741. The molecule has 0 aromatic heterocycles. The Morgan fingerprint density at radius 2 is 2.31 bits per heavy atom. The van der Waals surface area contributed by atoms with Gasteiger partial charge >= 0.3 is 0 Å². The third kappa shape index (κ3) is 3.19. The highest BCUT2D eigenvalue weighted by atomic mass is 16.5. The minimum Gasteiger partial charge on any atom is -0.361 e. The van der Waals surface area contributed by atoms with Gasteiger partial charge in [0.05, 0.1) is 6.61 Å². The molecule has 0 aromatic carbocycles. The van der Waals surface area contributed by atoms with E-state index in [4.69, 9.17) is 4.74 Å². The van der Waals surface area contributed by atoms with Crippen molar-refractivity contribution in [2.75, 3.05) is 33.3 Å². The molecule has 0 aromatic rings. The lowest BCUT2D eigenvalue weighted by Crippen LogP contribution is -2.54. The van der Waals surface area contributed by atoms with E-state index in [-0.39, 0.29) is 5.72 Å². The summed E-state index contributed by atoms with van der Waals surface area (Å²) in [6.07, 6.45) is 3.86. The topological polar surface area (TPSA) is 24.5 Å². The predicted octanol–water partition coefficient (Wildman–Crippen LogP) is 1.69. The fourth-order valence-corrected chi connectivity index (χ4v) is 2.95. The Hall–Kier alpha value is -0.120. The zero-order chi connectivity index (χ0) is 11.6. The number of hydrogen-bond acceptors (Lipinski definition) is 3. The molecule has 0 amide bonds. The Kier molecular flexibility index (Phi) is 3.88. The molecule has 2 heterocycles. The molecule has 0 bridgehead atoms. The van der Waals surface area contributed by atoms with Gasteiger partial charge in [0, 0.05) is 13.1 Å². The summed E-state index contributed by atoms with van der Waals surface area (Å²) in [7, 11) is 2.23. The van der Waals surface area contributed by atoms with Gasteiger partial charge in [-0.05, 0) is 51.6 Å². The molecule has 3 atom stereocenters. The lowest BCUT2D eigenvalue weighted by Gasteiger charge is -2.41. The van der Waals surface area contributed by atoms with Crippen molar-refractivity contribution in [1.82, 2.24) is 10.2 Å². The number of ether oxygens (including phenoxy) is 1. The number of likely N-dealkylation sites (tertiary alicyclic amines) is 1. The summed E-state index contributed by atoms with van der Waals surface area (Å²) in [6.45, 7) is 8.95. The van der Waals surface area contributed by atoms with Gasteiger partial charge in [0.15, 0.2) is 0 Å². The second-order valence-electron chi connectivity index (χ2n) is 6.00. The molecule has 16 heavy (non-hydrogen) atoms. The van der Waals surface area contributed by atoms with Gasteiger partial charge in [0.25, 0.3) is 0 Å². The first-order valence-corrected chi connectivity index (χ1v) is 6.65. The predicted molar refractivity (Wildman–Crippen MR) is 66.4 cm³/mol. The lowest BCUT2D eigenvalue weighted by atomic mass is 9.89. The highest BCUT2D eigenvalue weighted by Gasteiger charge is 2.33. The minimum atomic E-state index is -0.0741. The quantitative estimate of drug-likeness (QED) is 0.775. The van der Waals surface area contributed by atoms with Crippen LogP contribution in [0.3, 0.4) is 0 Å². The third-order valence-corrected chi connectivity index (χ3v) is 3.91. The molecule has 1 N–H and O–H groups in total. The van der Waals surface area contributed by atoms with Gasteiger partial charge in [-0.15, -0.1) is 0 Å². The molecular weight excluding hydrogens is 200 g/mol. The molecule has 3 heteroatoms. The van der Waals surface area contributed by atoms with E-state index >= 15 is 0 Å². The summed E-state index contributed by atoms with van der Waals surface area (Å²) < 4.78 is 5.99. The molecule has 2 aliphatic rings. The van der Waals surface area contributed by atoms with Crippen molar-refractivity contribution in [3.05, 3.63) is 0 Å².